The van der Waals surface area contributed by atoms with Crippen LogP contribution in [0.15, 0.2) is 67.1 Å². The van der Waals surface area contributed by atoms with Crippen molar-refractivity contribution < 1.29 is 4.79 Å². The molecule has 6 nitrogen and oxygen atoms in total. The fourth-order valence-electron chi connectivity index (χ4n) is 3.10. The lowest BCUT2D eigenvalue weighted by atomic mass is 10.2. The smallest absolute Gasteiger partial charge is 0.226 e. The average molecular weight is 359 g/mol. The van der Waals surface area contributed by atoms with Gasteiger partial charge >= 0.3 is 0 Å². The molecule has 0 unspecified atom stereocenters. The number of rotatable bonds is 6. The molecule has 0 atom stereocenters. The van der Waals surface area contributed by atoms with E-state index < -0.39 is 0 Å². The first-order chi connectivity index (χ1) is 13.2. The van der Waals surface area contributed by atoms with Gasteiger partial charge in [0.25, 0.3) is 0 Å². The van der Waals surface area contributed by atoms with Gasteiger partial charge in [-0.2, -0.15) is 10.2 Å². The van der Waals surface area contributed by atoms with Crippen LogP contribution in [0.3, 0.4) is 0 Å². The summed E-state index contributed by atoms with van der Waals surface area (Å²) >= 11 is 0. The lowest BCUT2D eigenvalue weighted by Crippen LogP contribution is -2.14. The van der Waals surface area contributed by atoms with Gasteiger partial charge in [0.05, 0.1) is 36.7 Å². The number of anilines is 1. The van der Waals surface area contributed by atoms with E-state index in [4.69, 9.17) is 0 Å². The third-order valence-electron chi connectivity index (χ3n) is 4.45. The highest BCUT2D eigenvalue weighted by Gasteiger charge is 2.08. The second-order valence-corrected chi connectivity index (χ2v) is 6.64. The number of carbonyl (C=O) groups excluding carboxylic acids is 1. The molecule has 27 heavy (non-hydrogen) atoms. The topological polar surface area (TPSA) is 64.7 Å². The van der Waals surface area contributed by atoms with Crippen LogP contribution in [0.4, 0.5) is 5.69 Å². The monoisotopic (exact) mass is 359 g/mol. The molecule has 4 aromatic rings. The van der Waals surface area contributed by atoms with Crippen LogP contribution in [0, 0.1) is 6.92 Å². The first-order valence-electron chi connectivity index (χ1n) is 8.96. The summed E-state index contributed by atoms with van der Waals surface area (Å²) in [5.41, 5.74) is 4.12. The summed E-state index contributed by atoms with van der Waals surface area (Å²) in [5, 5.41) is 12.7. The summed E-state index contributed by atoms with van der Waals surface area (Å²) in [6.45, 7) is 3.27. The first kappa shape index (κ1) is 17.0. The third-order valence-corrected chi connectivity index (χ3v) is 4.45. The maximum Gasteiger partial charge on any atom is 0.226 e. The Morgan fingerprint density at radius 3 is 2.78 bits per heavy atom. The summed E-state index contributed by atoms with van der Waals surface area (Å²) < 4.78 is 3.68. The van der Waals surface area contributed by atoms with Crippen molar-refractivity contribution in [2.24, 2.45) is 0 Å². The van der Waals surface area contributed by atoms with Gasteiger partial charge in [0.1, 0.15) is 0 Å². The van der Waals surface area contributed by atoms with E-state index >= 15 is 0 Å². The number of nitrogens with zero attached hydrogens (tertiary/aromatic N) is 4. The minimum absolute atomic E-state index is 0.0509. The van der Waals surface area contributed by atoms with Gasteiger partial charge in [-0.15, -0.1) is 0 Å². The predicted molar refractivity (Wildman–Crippen MR) is 105 cm³/mol. The van der Waals surface area contributed by atoms with E-state index in [1.54, 1.807) is 6.20 Å². The van der Waals surface area contributed by atoms with Crippen molar-refractivity contribution >= 4 is 22.5 Å². The van der Waals surface area contributed by atoms with E-state index in [0.29, 0.717) is 25.2 Å². The Labute approximate surface area is 157 Å². The molecule has 0 aliphatic heterocycles. The van der Waals surface area contributed by atoms with Crippen molar-refractivity contribution in [2.45, 2.75) is 26.4 Å². The van der Waals surface area contributed by atoms with Gasteiger partial charge < -0.3 is 5.32 Å². The molecule has 0 aliphatic carbocycles. The molecule has 4 rings (SSSR count). The van der Waals surface area contributed by atoms with Crippen molar-refractivity contribution in [3.8, 4) is 0 Å². The molecule has 0 spiro atoms. The van der Waals surface area contributed by atoms with Crippen molar-refractivity contribution in [3.63, 3.8) is 0 Å². The fourth-order valence-corrected chi connectivity index (χ4v) is 3.10. The van der Waals surface area contributed by atoms with E-state index in [-0.39, 0.29) is 5.91 Å². The van der Waals surface area contributed by atoms with Gasteiger partial charge in [0, 0.05) is 18.0 Å². The molecule has 2 heterocycles. The molecular weight excluding hydrogens is 338 g/mol. The molecule has 2 aromatic carbocycles. The van der Waals surface area contributed by atoms with Crippen LogP contribution in [0.2, 0.25) is 0 Å². The van der Waals surface area contributed by atoms with E-state index in [9.17, 15) is 4.79 Å². The molecular formula is C21H21N5O. The number of nitrogens with one attached hydrogen (secondary N) is 1. The van der Waals surface area contributed by atoms with Gasteiger partial charge in [-0.3, -0.25) is 14.2 Å². The number of carbonyl (C=O) groups is 1. The predicted octanol–water partition coefficient (Wildman–Crippen LogP) is 3.62. The number of hydrogen-bond acceptors (Lipinski definition) is 3. The molecule has 2 aromatic heterocycles. The highest BCUT2D eigenvalue weighted by Crippen LogP contribution is 2.16. The summed E-state index contributed by atoms with van der Waals surface area (Å²) in [4.78, 5) is 12.3. The van der Waals surface area contributed by atoms with Crippen LogP contribution < -0.4 is 5.32 Å². The molecule has 136 valence electrons. The maximum atomic E-state index is 12.3. The van der Waals surface area contributed by atoms with Crippen LogP contribution in [0.25, 0.3) is 10.9 Å². The Balaban J connectivity index is 1.34. The maximum absolute atomic E-state index is 12.3. The molecule has 6 heteroatoms. The lowest BCUT2D eigenvalue weighted by Gasteiger charge is -2.05. The highest BCUT2D eigenvalue weighted by atomic mass is 16.1. The van der Waals surface area contributed by atoms with E-state index in [0.717, 1.165) is 10.9 Å². The van der Waals surface area contributed by atoms with E-state index in [2.05, 4.69) is 46.7 Å². The summed E-state index contributed by atoms with van der Waals surface area (Å²) in [6, 6.07) is 16.3. The number of hydrogen-bond donors (Lipinski definition) is 1. The SMILES string of the molecule is Cc1ccc2c(cnn2CCC(=O)Nc2cnn(Cc3ccccc3)c2)c1. The largest absolute Gasteiger partial charge is 0.323 e. The van der Waals surface area contributed by atoms with Gasteiger partial charge in [0.15, 0.2) is 0 Å². The summed E-state index contributed by atoms with van der Waals surface area (Å²) in [6.07, 6.45) is 5.71. The molecule has 0 aliphatic rings. The molecule has 0 fully saturated rings. The number of fused-ring (bicyclic) bond motifs is 1. The Morgan fingerprint density at radius 2 is 1.93 bits per heavy atom. The molecule has 0 saturated carbocycles. The zero-order chi connectivity index (χ0) is 18.6. The van der Waals surface area contributed by atoms with Crippen LogP contribution >= 0.6 is 0 Å². The normalized spacial score (nSPS) is 11.0. The standard InChI is InChI=1S/C21H21N5O/c1-16-7-8-20-18(11-16)12-23-26(20)10-9-21(27)24-19-13-22-25(15-19)14-17-5-3-2-4-6-17/h2-8,11-13,15H,9-10,14H2,1H3,(H,24,27). The number of benzene rings is 2. The van der Waals surface area contributed by atoms with Crippen molar-refractivity contribution in [1.29, 1.82) is 0 Å². The van der Waals surface area contributed by atoms with Crippen LogP contribution in [-0.2, 0) is 17.9 Å². The molecule has 0 radical (unpaired) electrons. The molecule has 1 N–H and O–H groups in total. The van der Waals surface area contributed by atoms with Crippen molar-refractivity contribution in [2.75, 3.05) is 5.32 Å². The third kappa shape index (κ3) is 4.06. The Hall–Kier alpha value is -3.41. The van der Waals surface area contributed by atoms with Gasteiger partial charge in [-0.05, 0) is 24.6 Å². The van der Waals surface area contributed by atoms with Gasteiger partial charge in [-0.1, -0.05) is 42.0 Å². The van der Waals surface area contributed by atoms with E-state index in [1.165, 1.54) is 11.1 Å². The zero-order valence-corrected chi connectivity index (χ0v) is 15.2. The highest BCUT2D eigenvalue weighted by molar-refractivity contribution is 5.90. The Bertz CT molecular complexity index is 1060. The second kappa shape index (κ2) is 7.45. The first-order valence-corrected chi connectivity index (χ1v) is 8.96. The van der Waals surface area contributed by atoms with Crippen LogP contribution in [0.5, 0.6) is 0 Å². The molecule has 0 saturated heterocycles. The quantitative estimate of drug-likeness (QED) is 0.572. The minimum atomic E-state index is -0.0509. The molecule has 1 amide bonds. The van der Waals surface area contributed by atoms with E-state index in [1.807, 2.05) is 46.0 Å². The average Bonchev–Trinajstić information content (AvgIpc) is 3.27. The zero-order valence-electron chi connectivity index (χ0n) is 15.2. The second-order valence-electron chi connectivity index (χ2n) is 6.64. The van der Waals surface area contributed by atoms with Crippen molar-refractivity contribution in [1.82, 2.24) is 19.6 Å². The van der Waals surface area contributed by atoms with Crippen LogP contribution in [0.1, 0.15) is 17.5 Å². The minimum Gasteiger partial charge on any atom is -0.323 e. The van der Waals surface area contributed by atoms with Crippen LogP contribution in [-0.4, -0.2) is 25.5 Å². The number of aromatic nitrogens is 4. The summed E-state index contributed by atoms with van der Waals surface area (Å²) in [7, 11) is 0. The van der Waals surface area contributed by atoms with Crippen molar-refractivity contribution in [3.05, 3.63) is 78.2 Å². The number of aryl methyl sites for hydroxylation is 2. The van der Waals surface area contributed by atoms with Gasteiger partial charge in [0.2, 0.25) is 5.91 Å². The lowest BCUT2D eigenvalue weighted by molar-refractivity contribution is -0.116. The Morgan fingerprint density at radius 1 is 1.07 bits per heavy atom. The Kier molecular flexibility index (Phi) is 4.70. The molecule has 0 bridgehead atoms. The van der Waals surface area contributed by atoms with Gasteiger partial charge in [-0.25, -0.2) is 0 Å². The summed E-state index contributed by atoms with van der Waals surface area (Å²) in [5.74, 6) is -0.0509. The fraction of sp³-hybridized carbons (Fsp3) is 0.190. The number of amides is 1.